The second-order valence-corrected chi connectivity index (χ2v) is 7.71. The van der Waals surface area contributed by atoms with Gasteiger partial charge in [-0.2, -0.15) is 0 Å². The Kier molecular flexibility index (Phi) is 7.60. The highest BCUT2D eigenvalue weighted by Crippen LogP contribution is 2.20. The number of nitrogens with zero attached hydrogens (tertiary/aromatic N) is 1. The molecule has 3 rings (SSSR count). The predicted molar refractivity (Wildman–Crippen MR) is 117 cm³/mol. The van der Waals surface area contributed by atoms with E-state index in [9.17, 15) is 14.4 Å². The Bertz CT molecular complexity index is 857. The van der Waals surface area contributed by atoms with Crippen molar-refractivity contribution < 1.29 is 14.4 Å². The summed E-state index contributed by atoms with van der Waals surface area (Å²) >= 11 is 0. The van der Waals surface area contributed by atoms with Gasteiger partial charge in [0.15, 0.2) is 0 Å². The molecule has 0 bridgehead atoms. The molecule has 6 heteroatoms. The molecule has 1 fully saturated rings. The van der Waals surface area contributed by atoms with E-state index in [0.717, 1.165) is 12.8 Å². The quantitative estimate of drug-likeness (QED) is 0.692. The summed E-state index contributed by atoms with van der Waals surface area (Å²) < 4.78 is 0. The van der Waals surface area contributed by atoms with Crippen LogP contribution in [0.5, 0.6) is 0 Å². The molecule has 0 spiro atoms. The van der Waals surface area contributed by atoms with Gasteiger partial charge in [0.1, 0.15) is 0 Å². The van der Waals surface area contributed by atoms with Gasteiger partial charge in [0.25, 0.3) is 5.91 Å². The van der Waals surface area contributed by atoms with Crippen molar-refractivity contribution in [3.05, 3.63) is 65.7 Å². The predicted octanol–water partition coefficient (Wildman–Crippen LogP) is 3.25. The second-order valence-electron chi connectivity index (χ2n) is 7.71. The van der Waals surface area contributed by atoms with E-state index in [1.165, 1.54) is 12.5 Å². The number of amides is 3. The van der Waals surface area contributed by atoms with Crippen LogP contribution in [0.3, 0.4) is 0 Å². The number of piperidine rings is 1. The molecule has 0 aliphatic carbocycles. The van der Waals surface area contributed by atoms with Gasteiger partial charge in [-0.15, -0.1) is 0 Å². The molecule has 2 aromatic rings. The van der Waals surface area contributed by atoms with Gasteiger partial charge < -0.3 is 15.5 Å². The van der Waals surface area contributed by atoms with Gasteiger partial charge in [0, 0.05) is 43.7 Å². The second kappa shape index (κ2) is 10.6. The molecule has 30 heavy (non-hydrogen) atoms. The number of carbonyl (C=O) groups excluding carboxylic acids is 3. The summed E-state index contributed by atoms with van der Waals surface area (Å²) in [6.45, 7) is 3.28. The Morgan fingerprint density at radius 1 is 0.967 bits per heavy atom. The lowest BCUT2D eigenvalue weighted by molar-refractivity contribution is -0.126. The Labute approximate surface area is 177 Å². The van der Waals surface area contributed by atoms with Gasteiger partial charge in [0.2, 0.25) is 11.8 Å². The number of hydrogen-bond donors (Lipinski definition) is 2. The minimum absolute atomic E-state index is 0.0343. The number of benzene rings is 2. The molecule has 1 heterocycles. The lowest BCUT2D eigenvalue weighted by Crippen LogP contribution is -2.43. The van der Waals surface area contributed by atoms with Gasteiger partial charge in [-0.05, 0) is 55.5 Å². The summed E-state index contributed by atoms with van der Waals surface area (Å²) in [6.07, 6.45) is 3.23. The molecular weight excluding hydrogens is 378 g/mol. The van der Waals surface area contributed by atoms with Crippen LogP contribution in [0, 0.1) is 5.92 Å². The minimum atomic E-state index is -0.144. The third-order valence-corrected chi connectivity index (χ3v) is 5.39. The van der Waals surface area contributed by atoms with Gasteiger partial charge in [-0.3, -0.25) is 14.4 Å². The smallest absolute Gasteiger partial charge is 0.253 e. The molecule has 2 aromatic carbocycles. The summed E-state index contributed by atoms with van der Waals surface area (Å²) in [5, 5.41) is 5.73. The molecule has 1 saturated heterocycles. The summed E-state index contributed by atoms with van der Waals surface area (Å²) in [7, 11) is 0. The summed E-state index contributed by atoms with van der Waals surface area (Å²) in [5.74, 6) is -0.122. The van der Waals surface area contributed by atoms with Gasteiger partial charge in [-0.1, -0.05) is 30.3 Å². The molecule has 1 aliphatic heterocycles. The summed E-state index contributed by atoms with van der Waals surface area (Å²) in [4.78, 5) is 38.0. The van der Waals surface area contributed by atoms with E-state index in [1.807, 2.05) is 18.2 Å². The third-order valence-electron chi connectivity index (χ3n) is 5.39. The monoisotopic (exact) mass is 407 g/mol. The zero-order chi connectivity index (χ0) is 21.3. The Hall–Kier alpha value is -3.15. The zero-order valence-corrected chi connectivity index (χ0v) is 17.4. The normalized spacial score (nSPS) is 14.2. The molecular formula is C24H29N3O3. The van der Waals surface area contributed by atoms with Crippen LogP contribution in [-0.2, 0) is 16.0 Å². The van der Waals surface area contributed by atoms with Crippen molar-refractivity contribution in [1.82, 2.24) is 10.2 Å². The largest absolute Gasteiger partial charge is 0.356 e. The van der Waals surface area contributed by atoms with Crippen molar-refractivity contribution in [1.29, 1.82) is 0 Å². The Balaban J connectivity index is 1.39. The van der Waals surface area contributed by atoms with E-state index in [1.54, 1.807) is 29.2 Å². The third kappa shape index (κ3) is 6.17. The maximum absolute atomic E-state index is 12.7. The van der Waals surface area contributed by atoms with Crippen LogP contribution < -0.4 is 10.6 Å². The van der Waals surface area contributed by atoms with Crippen LogP contribution >= 0.6 is 0 Å². The standard InChI is InChI=1S/C24H29N3O3/c1-18(28)26-22-11-9-21(10-12-22)24(30)27-16-13-20(14-17-27)23(29)25-15-5-8-19-6-3-2-4-7-19/h2-4,6-7,9-12,20H,5,8,13-17H2,1H3,(H,25,29)(H,26,28). The molecule has 0 unspecified atom stereocenters. The lowest BCUT2D eigenvalue weighted by Gasteiger charge is -2.31. The first-order chi connectivity index (χ1) is 14.5. The first-order valence-corrected chi connectivity index (χ1v) is 10.5. The molecule has 158 valence electrons. The van der Waals surface area contributed by atoms with Crippen molar-refractivity contribution in [3.63, 3.8) is 0 Å². The SMILES string of the molecule is CC(=O)Nc1ccc(C(=O)N2CCC(C(=O)NCCCc3ccccc3)CC2)cc1. The maximum Gasteiger partial charge on any atom is 0.253 e. The van der Waals surface area contributed by atoms with Crippen molar-refractivity contribution in [2.45, 2.75) is 32.6 Å². The summed E-state index contributed by atoms with van der Waals surface area (Å²) in [6, 6.07) is 17.2. The fraction of sp³-hybridized carbons (Fsp3) is 0.375. The molecule has 0 atom stereocenters. The Morgan fingerprint density at radius 3 is 2.27 bits per heavy atom. The maximum atomic E-state index is 12.7. The molecule has 0 saturated carbocycles. The van der Waals surface area contributed by atoms with Crippen molar-refractivity contribution >= 4 is 23.4 Å². The number of aryl methyl sites for hydroxylation is 1. The minimum Gasteiger partial charge on any atom is -0.356 e. The van der Waals surface area contributed by atoms with Crippen LogP contribution in [0.2, 0.25) is 0 Å². The van der Waals surface area contributed by atoms with E-state index in [2.05, 4.69) is 22.8 Å². The van der Waals surface area contributed by atoms with Crippen LogP contribution in [-0.4, -0.2) is 42.3 Å². The molecule has 2 N–H and O–H groups in total. The number of nitrogens with one attached hydrogen (secondary N) is 2. The topological polar surface area (TPSA) is 78.5 Å². The number of likely N-dealkylation sites (tertiary alicyclic amines) is 1. The van der Waals surface area contributed by atoms with E-state index in [4.69, 9.17) is 0 Å². The van der Waals surface area contributed by atoms with Crippen LogP contribution in [0.15, 0.2) is 54.6 Å². The number of anilines is 1. The average Bonchev–Trinajstić information content (AvgIpc) is 2.77. The van der Waals surface area contributed by atoms with E-state index in [-0.39, 0.29) is 23.6 Å². The van der Waals surface area contributed by atoms with Crippen molar-refractivity contribution in [3.8, 4) is 0 Å². The highest BCUT2D eigenvalue weighted by molar-refractivity contribution is 5.95. The van der Waals surface area contributed by atoms with E-state index < -0.39 is 0 Å². The lowest BCUT2D eigenvalue weighted by atomic mass is 9.95. The average molecular weight is 408 g/mol. The zero-order valence-electron chi connectivity index (χ0n) is 17.4. The number of rotatable bonds is 7. The van der Waals surface area contributed by atoms with Crippen LogP contribution in [0.4, 0.5) is 5.69 Å². The fourth-order valence-electron chi connectivity index (χ4n) is 3.72. The van der Waals surface area contributed by atoms with E-state index >= 15 is 0 Å². The number of hydrogen-bond acceptors (Lipinski definition) is 3. The highest BCUT2D eigenvalue weighted by atomic mass is 16.2. The van der Waals surface area contributed by atoms with Gasteiger partial charge in [-0.25, -0.2) is 0 Å². The van der Waals surface area contributed by atoms with Crippen molar-refractivity contribution in [2.75, 3.05) is 25.0 Å². The summed E-state index contributed by atoms with van der Waals surface area (Å²) in [5.41, 5.74) is 2.54. The van der Waals surface area contributed by atoms with E-state index in [0.29, 0.717) is 43.7 Å². The Morgan fingerprint density at radius 2 is 1.63 bits per heavy atom. The highest BCUT2D eigenvalue weighted by Gasteiger charge is 2.27. The molecule has 3 amide bonds. The molecule has 6 nitrogen and oxygen atoms in total. The molecule has 1 aliphatic rings. The van der Waals surface area contributed by atoms with Gasteiger partial charge >= 0.3 is 0 Å². The molecule has 0 radical (unpaired) electrons. The molecule has 0 aromatic heterocycles. The number of carbonyl (C=O) groups is 3. The first-order valence-electron chi connectivity index (χ1n) is 10.5. The van der Waals surface area contributed by atoms with Gasteiger partial charge in [0.05, 0.1) is 0 Å². The van der Waals surface area contributed by atoms with Crippen molar-refractivity contribution in [2.24, 2.45) is 5.92 Å². The van der Waals surface area contributed by atoms with Crippen LogP contribution in [0.25, 0.3) is 0 Å². The van der Waals surface area contributed by atoms with Crippen LogP contribution in [0.1, 0.15) is 42.1 Å². The first kappa shape index (κ1) is 21.6. The fourth-order valence-corrected chi connectivity index (χ4v) is 3.72.